The molecule has 2 aromatic rings. The summed E-state index contributed by atoms with van der Waals surface area (Å²) in [6.45, 7) is 0.0833. The van der Waals surface area contributed by atoms with E-state index < -0.39 is 16.9 Å². The minimum absolute atomic E-state index is 0.0445. The van der Waals surface area contributed by atoms with Crippen molar-refractivity contribution in [1.29, 1.82) is 0 Å². The van der Waals surface area contributed by atoms with Crippen molar-refractivity contribution in [3.05, 3.63) is 34.5 Å². The van der Waals surface area contributed by atoms with Crippen LogP contribution in [0, 0.1) is 10.1 Å². The highest BCUT2D eigenvalue weighted by molar-refractivity contribution is 5.82. The van der Waals surface area contributed by atoms with Crippen LogP contribution >= 0.6 is 0 Å². The summed E-state index contributed by atoms with van der Waals surface area (Å²) in [4.78, 5) is 21.1. The third kappa shape index (κ3) is 2.13. The summed E-state index contributed by atoms with van der Waals surface area (Å²) in [6, 6.07) is 3.48. The molecule has 8 heteroatoms. The number of nitro groups is 1. The first-order valence-electron chi connectivity index (χ1n) is 5.14. The summed E-state index contributed by atoms with van der Waals surface area (Å²) in [5.74, 6) is -0.649. The fraction of sp³-hybridized carbons (Fsp3) is 0.200. The van der Waals surface area contributed by atoms with Crippen LogP contribution in [0.2, 0.25) is 0 Å². The quantitative estimate of drug-likeness (QED) is 0.570. The largest absolute Gasteiger partial charge is 0.368 e. The van der Waals surface area contributed by atoms with E-state index >= 15 is 0 Å². The molecule has 0 radical (unpaired) electrons. The van der Waals surface area contributed by atoms with Gasteiger partial charge in [-0.15, -0.1) is 0 Å². The van der Waals surface area contributed by atoms with Gasteiger partial charge in [0.05, 0.1) is 23.2 Å². The van der Waals surface area contributed by atoms with Gasteiger partial charge in [-0.05, 0) is 6.07 Å². The van der Waals surface area contributed by atoms with E-state index in [1.165, 1.54) is 16.8 Å². The molecule has 18 heavy (non-hydrogen) atoms. The number of rotatable bonds is 4. The van der Waals surface area contributed by atoms with Crippen LogP contribution in [0.3, 0.4) is 0 Å². The normalized spacial score (nSPS) is 12.5. The van der Waals surface area contributed by atoms with E-state index in [0.717, 1.165) is 5.39 Å². The lowest BCUT2D eigenvalue weighted by Gasteiger charge is -2.08. The maximum atomic E-state index is 10.9. The first-order chi connectivity index (χ1) is 8.49. The molecule has 0 aliphatic heterocycles. The average molecular weight is 249 g/mol. The smallest absolute Gasteiger partial charge is 0.271 e. The zero-order valence-electron chi connectivity index (χ0n) is 9.31. The van der Waals surface area contributed by atoms with E-state index in [0.29, 0.717) is 5.52 Å². The molecule has 2 rings (SSSR count). The number of benzene rings is 1. The van der Waals surface area contributed by atoms with Gasteiger partial charge in [-0.25, -0.2) is 0 Å². The third-order valence-electron chi connectivity index (χ3n) is 2.57. The first-order valence-corrected chi connectivity index (χ1v) is 5.14. The lowest BCUT2D eigenvalue weighted by atomic mass is 10.2. The fourth-order valence-electron chi connectivity index (χ4n) is 1.59. The Morgan fingerprint density at radius 3 is 2.89 bits per heavy atom. The van der Waals surface area contributed by atoms with Crippen molar-refractivity contribution in [3.8, 4) is 0 Å². The Hall–Kier alpha value is -2.48. The lowest BCUT2D eigenvalue weighted by Crippen LogP contribution is -2.40. The molecule has 94 valence electrons. The van der Waals surface area contributed by atoms with Crippen LogP contribution in [0.25, 0.3) is 10.9 Å². The van der Waals surface area contributed by atoms with Gasteiger partial charge in [0.15, 0.2) is 0 Å². The highest BCUT2D eigenvalue weighted by Gasteiger charge is 2.14. The zero-order valence-corrected chi connectivity index (χ0v) is 9.31. The third-order valence-corrected chi connectivity index (χ3v) is 2.57. The summed E-state index contributed by atoms with van der Waals surface area (Å²) in [5.41, 5.74) is 11.1. The fourth-order valence-corrected chi connectivity index (χ4v) is 1.59. The number of amides is 1. The number of fused-ring (bicyclic) bond motifs is 1. The van der Waals surface area contributed by atoms with E-state index in [9.17, 15) is 14.9 Å². The number of carbonyl (C=O) groups is 1. The summed E-state index contributed by atoms with van der Waals surface area (Å²) in [5, 5.41) is 15.4. The molecular weight excluding hydrogens is 238 g/mol. The van der Waals surface area contributed by atoms with Crippen molar-refractivity contribution in [3.63, 3.8) is 0 Å². The summed E-state index contributed by atoms with van der Waals surface area (Å²) < 4.78 is 1.43. The number of hydrogen-bond acceptors (Lipinski definition) is 5. The molecule has 1 aromatic heterocycles. The second-order valence-corrected chi connectivity index (χ2v) is 3.84. The van der Waals surface area contributed by atoms with Gasteiger partial charge in [0, 0.05) is 17.5 Å². The first kappa shape index (κ1) is 12.0. The van der Waals surface area contributed by atoms with Crippen molar-refractivity contribution < 1.29 is 9.72 Å². The predicted octanol–water partition coefficient (Wildman–Crippen LogP) is -0.243. The van der Waals surface area contributed by atoms with Crippen LogP contribution in [-0.4, -0.2) is 26.7 Å². The summed E-state index contributed by atoms with van der Waals surface area (Å²) >= 11 is 0. The van der Waals surface area contributed by atoms with E-state index in [1.807, 2.05) is 0 Å². The van der Waals surface area contributed by atoms with Crippen LogP contribution in [0.1, 0.15) is 0 Å². The Morgan fingerprint density at radius 2 is 2.28 bits per heavy atom. The second-order valence-electron chi connectivity index (χ2n) is 3.84. The minimum atomic E-state index is -0.882. The van der Waals surface area contributed by atoms with Gasteiger partial charge in [0.1, 0.15) is 6.04 Å². The van der Waals surface area contributed by atoms with Gasteiger partial charge in [0.25, 0.3) is 5.69 Å². The van der Waals surface area contributed by atoms with Crippen LogP contribution in [0.5, 0.6) is 0 Å². The van der Waals surface area contributed by atoms with Gasteiger partial charge < -0.3 is 11.5 Å². The SMILES string of the molecule is NC(=O)C(N)Cn1ncc2ccc([N+](=O)[O-])cc21. The topological polar surface area (TPSA) is 130 Å². The molecule has 1 aromatic carbocycles. The van der Waals surface area contributed by atoms with E-state index in [2.05, 4.69) is 5.10 Å². The number of non-ortho nitro benzene ring substituents is 1. The number of aromatic nitrogens is 2. The molecule has 8 nitrogen and oxygen atoms in total. The molecular formula is C10H11N5O3. The average Bonchev–Trinajstić information content (AvgIpc) is 2.71. The molecule has 0 saturated heterocycles. The Kier molecular flexibility index (Phi) is 2.94. The zero-order chi connectivity index (χ0) is 13.3. The molecule has 0 aliphatic carbocycles. The minimum Gasteiger partial charge on any atom is -0.368 e. The number of nitrogens with two attached hydrogens (primary N) is 2. The number of primary amides is 1. The molecule has 1 heterocycles. The van der Waals surface area contributed by atoms with E-state index in [4.69, 9.17) is 11.5 Å². The van der Waals surface area contributed by atoms with Crippen LogP contribution < -0.4 is 11.5 Å². The monoisotopic (exact) mass is 249 g/mol. The molecule has 0 spiro atoms. The molecule has 0 bridgehead atoms. The lowest BCUT2D eigenvalue weighted by molar-refractivity contribution is -0.384. The van der Waals surface area contributed by atoms with Gasteiger partial charge in [0.2, 0.25) is 5.91 Å². The second kappa shape index (κ2) is 4.41. The van der Waals surface area contributed by atoms with Crippen LogP contribution in [-0.2, 0) is 11.3 Å². The summed E-state index contributed by atoms with van der Waals surface area (Å²) in [7, 11) is 0. The highest BCUT2D eigenvalue weighted by atomic mass is 16.6. The Bertz CT molecular complexity index is 621. The number of nitro benzene ring substituents is 1. The van der Waals surface area contributed by atoms with Gasteiger partial charge in [-0.1, -0.05) is 0 Å². The number of carbonyl (C=O) groups excluding carboxylic acids is 1. The Labute approximate surface area is 101 Å². The van der Waals surface area contributed by atoms with Crippen LogP contribution in [0.4, 0.5) is 5.69 Å². The molecule has 4 N–H and O–H groups in total. The standard InChI is InChI=1S/C10H11N5O3/c11-8(10(12)16)5-14-9-3-7(15(17)18)2-1-6(9)4-13-14/h1-4,8H,5,11H2,(H2,12,16). The Morgan fingerprint density at radius 1 is 1.56 bits per heavy atom. The Balaban J connectivity index is 2.42. The number of hydrogen-bond donors (Lipinski definition) is 2. The van der Waals surface area contributed by atoms with Gasteiger partial charge in [-0.2, -0.15) is 5.10 Å². The van der Waals surface area contributed by atoms with Crippen molar-refractivity contribution >= 4 is 22.5 Å². The van der Waals surface area contributed by atoms with E-state index in [1.54, 1.807) is 12.3 Å². The molecule has 1 atom stereocenters. The molecule has 0 saturated carbocycles. The van der Waals surface area contributed by atoms with Crippen molar-refractivity contribution in [1.82, 2.24) is 9.78 Å². The number of nitrogens with zero attached hydrogens (tertiary/aromatic N) is 3. The van der Waals surface area contributed by atoms with Gasteiger partial charge in [-0.3, -0.25) is 19.6 Å². The molecule has 1 unspecified atom stereocenters. The molecule has 0 aliphatic rings. The predicted molar refractivity (Wildman–Crippen MR) is 63.6 cm³/mol. The van der Waals surface area contributed by atoms with Crippen LogP contribution in [0.15, 0.2) is 24.4 Å². The highest BCUT2D eigenvalue weighted by Crippen LogP contribution is 2.20. The van der Waals surface area contributed by atoms with Crippen molar-refractivity contribution in [2.75, 3.05) is 0 Å². The molecule has 0 fully saturated rings. The van der Waals surface area contributed by atoms with Gasteiger partial charge >= 0.3 is 0 Å². The van der Waals surface area contributed by atoms with Crippen molar-refractivity contribution in [2.45, 2.75) is 12.6 Å². The summed E-state index contributed by atoms with van der Waals surface area (Å²) in [6.07, 6.45) is 1.55. The maximum Gasteiger partial charge on any atom is 0.271 e. The molecule has 1 amide bonds. The maximum absolute atomic E-state index is 10.9. The van der Waals surface area contributed by atoms with E-state index in [-0.39, 0.29) is 12.2 Å². The van der Waals surface area contributed by atoms with Crippen molar-refractivity contribution in [2.24, 2.45) is 11.5 Å².